The molecule has 7 heteroatoms. The van der Waals surface area contributed by atoms with Crippen LogP contribution in [0.15, 0.2) is 18.2 Å². The van der Waals surface area contributed by atoms with Crippen molar-refractivity contribution in [3.8, 4) is 0 Å². The maximum atomic E-state index is 12.8. The first-order valence-electron chi connectivity index (χ1n) is 7.72. The normalized spacial score (nSPS) is 15.9. The van der Waals surface area contributed by atoms with Crippen LogP contribution in [0.2, 0.25) is 5.02 Å². The molecule has 0 N–H and O–H groups in total. The van der Waals surface area contributed by atoms with Crippen LogP contribution in [0.1, 0.15) is 31.7 Å². The summed E-state index contributed by atoms with van der Waals surface area (Å²) < 4.78 is 38.5. The van der Waals surface area contributed by atoms with Crippen molar-refractivity contribution in [3.63, 3.8) is 0 Å². The number of carbonyl (C=O) groups is 1. The smallest absolute Gasteiger partial charge is 0.367 e. The predicted octanol–water partition coefficient (Wildman–Crippen LogP) is 4.20. The molecular formula is C16H20ClF3N2O. The second kappa shape index (κ2) is 7.43. The molecule has 1 aromatic rings. The van der Waals surface area contributed by atoms with Crippen LogP contribution < -0.4 is 4.90 Å². The Labute approximate surface area is 139 Å². The lowest BCUT2D eigenvalue weighted by Gasteiger charge is -2.36. The monoisotopic (exact) mass is 348 g/mol. The predicted molar refractivity (Wildman–Crippen MR) is 84.8 cm³/mol. The fraction of sp³-hybridized carbons (Fsp3) is 0.562. The number of hydrogen-bond acceptors (Lipinski definition) is 2. The number of benzene rings is 1. The summed E-state index contributed by atoms with van der Waals surface area (Å²) >= 11 is 6.06. The Morgan fingerprint density at radius 2 is 1.87 bits per heavy atom. The molecule has 3 nitrogen and oxygen atoms in total. The molecule has 1 heterocycles. The number of anilines is 1. The van der Waals surface area contributed by atoms with E-state index in [2.05, 4.69) is 0 Å². The number of nitrogens with zero attached hydrogens (tertiary/aromatic N) is 2. The lowest BCUT2D eigenvalue weighted by atomic mass is 10.1. The minimum atomic E-state index is -4.39. The minimum absolute atomic E-state index is 0.113. The summed E-state index contributed by atoms with van der Waals surface area (Å²) in [7, 11) is 0. The zero-order valence-electron chi connectivity index (χ0n) is 13.0. The van der Waals surface area contributed by atoms with Gasteiger partial charge in [-0.2, -0.15) is 13.2 Å². The average Bonchev–Trinajstić information content (AvgIpc) is 2.52. The second-order valence-electron chi connectivity index (χ2n) is 5.64. The standard InChI is InChI=1S/C16H20ClF3N2O/c1-2-3-4-15(23)22-9-7-21(8-10-22)14-11-12(16(18,19)20)5-6-13(14)17/h5-6,11H,2-4,7-10H2,1H3. The lowest BCUT2D eigenvalue weighted by Crippen LogP contribution is -2.48. The van der Waals surface area contributed by atoms with E-state index in [1.54, 1.807) is 9.80 Å². The van der Waals surface area contributed by atoms with E-state index in [4.69, 9.17) is 11.6 Å². The van der Waals surface area contributed by atoms with E-state index in [-0.39, 0.29) is 5.91 Å². The largest absolute Gasteiger partial charge is 0.416 e. The molecule has 1 amide bonds. The quantitative estimate of drug-likeness (QED) is 0.814. The van der Waals surface area contributed by atoms with Gasteiger partial charge in [-0.05, 0) is 24.6 Å². The fourth-order valence-corrected chi connectivity index (χ4v) is 2.85. The first-order chi connectivity index (χ1) is 10.8. The Morgan fingerprint density at radius 1 is 1.22 bits per heavy atom. The molecule has 1 saturated heterocycles. The molecule has 1 aromatic carbocycles. The number of halogens is 4. The Kier molecular flexibility index (Phi) is 5.79. The van der Waals surface area contributed by atoms with E-state index >= 15 is 0 Å². The number of alkyl halides is 3. The van der Waals surface area contributed by atoms with Crippen molar-refractivity contribution in [1.29, 1.82) is 0 Å². The molecule has 1 fully saturated rings. The van der Waals surface area contributed by atoms with Crippen molar-refractivity contribution in [2.24, 2.45) is 0 Å². The maximum absolute atomic E-state index is 12.8. The molecule has 0 radical (unpaired) electrons. The van der Waals surface area contributed by atoms with Crippen LogP contribution in [0.25, 0.3) is 0 Å². The molecule has 23 heavy (non-hydrogen) atoms. The van der Waals surface area contributed by atoms with Gasteiger partial charge < -0.3 is 9.80 Å². The molecule has 0 bridgehead atoms. The van der Waals surface area contributed by atoms with Gasteiger partial charge in [-0.15, -0.1) is 0 Å². The summed E-state index contributed by atoms with van der Waals surface area (Å²) in [5, 5.41) is 0.295. The zero-order chi connectivity index (χ0) is 17.0. The first kappa shape index (κ1) is 17.9. The Hall–Kier alpha value is -1.43. The van der Waals surface area contributed by atoms with Crippen LogP contribution >= 0.6 is 11.6 Å². The number of unbranched alkanes of at least 4 members (excludes halogenated alkanes) is 1. The van der Waals surface area contributed by atoms with Gasteiger partial charge in [0.2, 0.25) is 5.91 Å². The van der Waals surface area contributed by atoms with Crippen LogP contribution in [0, 0.1) is 0 Å². The Balaban J connectivity index is 2.04. The van der Waals surface area contributed by atoms with Gasteiger partial charge in [-0.1, -0.05) is 24.9 Å². The number of hydrogen-bond donors (Lipinski definition) is 0. The van der Waals surface area contributed by atoms with E-state index in [0.29, 0.717) is 43.3 Å². The summed E-state index contributed by atoms with van der Waals surface area (Å²) in [5.74, 6) is 0.113. The number of rotatable bonds is 4. The summed E-state index contributed by atoms with van der Waals surface area (Å²) in [4.78, 5) is 15.6. The van der Waals surface area contributed by atoms with Crippen LogP contribution in [0.3, 0.4) is 0 Å². The molecule has 0 saturated carbocycles. The highest BCUT2D eigenvalue weighted by Gasteiger charge is 2.32. The van der Waals surface area contributed by atoms with Crippen molar-refractivity contribution in [1.82, 2.24) is 4.90 Å². The summed E-state index contributed by atoms with van der Waals surface area (Å²) in [6.07, 6.45) is -2.04. The van der Waals surface area contributed by atoms with Crippen LogP contribution in [-0.2, 0) is 11.0 Å². The van der Waals surface area contributed by atoms with Crippen LogP contribution in [0.5, 0.6) is 0 Å². The summed E-state index contributed by atoms with van der Waals surface area (Å²) in [6.45, 7) is 4.02. The third-order valence-corrected chi connectivity index (χ3v) is 4.31. The van der Waals surface area contributed by atoms with E-state index in [9.17, 15) is 18.0 Å². The van der Waals surface area contributed by atoms with Crippen molar-refractivity contribution in [2.75, 3.05) is 31.1 Å². The highest BCUT2D eigenvalue weighted by atomic mass is 35.5. The molecule has 0 atom stereocenters. The van der Waals surface area contributed by atoms with Crippen molar-refractivity contribution < 1.29 is 18.0 Å². The van der Waals surface area contributed by atoms with Gasteiger partial charge in [0, 0.05) is 32.6 Å². The van der Waals surface area contributed by atoms with E-state index < -0.39 is 11.7 Å². The molecular weight excluding hydrogens is 329 g/mol. The SMILES string of the molecule is CCCCC(=O)N1CCN(c2cc(C(F)(F)F)ccc2Cl)CC1. The highest BCUT2D eigenvalue weighted by molar-refractivity contribution is 6.33. The van der Waals surface area contributed by atoms with Crippen LogP contribution in [0.4, 0.5) is 18.9 Å². The number of amides is 1. The maximum Gasteiger partial charge on any atom is 0.416 e. The van der Waals surface area contributed by atoms with Gasteiger partial charge in [0.25, 0.3) is 0 Å². The minimum Gasteiger partial charge on any atom is -0.367 e. The highest BCUT2D eigenvalue weighted by Crippen LogP contribution is 2.35. The van der Waals surface area contributed by atoms with Crippen molar-refractivity contribution in [2.45, 2.75) is 32.4 Å². The van der Waals surface area contributed by atoms with Gasteiger partial charge in [-0.3, -0.25) is 4.79 Å². The van der Waals surface area contributed by atoms with Crippen LogP contribution in [-0.4, -0.2) is 37.0 Å². The zero-order valence-corrected chi connectivity index (χ0v) is 13.8. The van der Waals surface area contributed by atoms with Gasteiger partial charge in [0.05, 0.1) is 16.3 Å². The summed E-state index contributed by atoms with van der Waals surface area (Å²) in [5.41, 5.74) is -0.333. The Bertz CT molecular complexity index is 555. The molecule has 0 spiro atoms. The fourth-order valence-electron chi connectivity index (χ4n) is 2.61. The van der Waals surface area contributed by atoms with E-state index in [1.807, 2.05) is 6.92 Å². The molecule has 1 aliphatic rings. The molecule has 0 aliphatic carbocycles. The van der Waals surface area contributed by atoms with Crippen molar-refractivity contribution in [3.05, 3.63) is 28.8 Å². The topological polar surface area (TPSA) is 23.6 Å². The van der Waals surface area contributed by atoms with Crippen molar-refractivity contribution >= 4 is 23.2 Å². The van der Waals surface area contributed by atoms with Gasteiger partial charge in [0.15, 0.2) is 0 Å². The van der Waals surface area contributed by atoms with E-state index in [1.165, 1.54) is 6.07 Å². The van der Waals surface area contributed by atoms with E-state index in [0.717, 1.165) is 25.0 Å². The third kappa shape index (κ3) is 4.53. The number of piperazine rings is 1. The van der Waals surface area contributed by atoms with Gasteiger partial charge in [-0.25, -0.2) is 0 Å². The second-order valence-corrected chi connectivity index (χ2v) is 6.04. The lowest BCUT2D eigenvalue weighted by molar-refractivity contribution is -0.137. The molecule has 1 aliphatic heterocycles. The summed E-state index contributed by atoms with van der Waals surface area (Å²) in [6, 6.07) is 3.34. The first-order valence-corrected chi connectivity index (χ1v) is 8.10. The average molecular weight is 349 g/mol. The number of carbonyl (C=O) groups excluding carboxylic acids is 1. The van der Waals surface area contributed by atoms with Gasteiger partial charge >= 0.3 is 6.18 Å². The molecule has 2 rings (SSSR count). The third-order valence-electron chi connectivity index (χ3n) is 3.99. The molecule has 0 unspecified atom stereocenters. The molecule has 128 valence electrons. The molecule has 0 aromatic heterocycles. The Morgan fingerprint density at radius 3 is 2.43 bits per heavy atom. The van der Waals surface area contributed by atoms with Gasteiger partial charge in [0.1, 0.15) is 0 Å².